The van der Waals surface area contributed by atoms with Crippen molar-refractivity contribution >= 4 is 17.5 Å². The molecule has 2 aromatic carbocycles. The van der Waals surface area contributed by atoms with Crippen molar-refractivity contribution in [3.63, 3.8) is 0 Å². The number of benzene rings is 2. The van der Waals surface area contributed by atoms with E-state index in [4.69, 9.17) is 9.47 Å². The first kappa shape index (κ1) is 25.3. The molecule has 3 rings (SSSR count). The van der Waals surface area contributed by atoms with Crippen LogP contribution >= 0.6 is 0 Å². The van der Waals surface area contributed by atoms with Crippen LogP contribution in [0.3, 0.4) is 0 Å². The summed E-state index contributed by atoms with van der Waals surface area (Å²) >= 11 is 0. The quantitative estimate of drug-likeness (QED) is 0.172. The molecule has 0 aliphatic carbocycles. The van der Waals surface area contributed by atoms with Crippen molar-refractivity contribution in [2.24, 2.45) is 0 Å². The molecule has 3 aromatic rings. The zero-order valence-electron chi connectivity index (χ0n) is 19.5. The number of rotatable bonds is 10. The lowest BCUT2D eigenvalue weighted by molar-refractivity contribution is -0.386. The minimum absolute atomic E-state index is 0.00950. The van der Waals surface area contributed by atoms with E-state index in [1.807, 2.05) is 0 Å². The van der Waals surface area contributed by atoms with E-state index in [1.165, 1.54) is 43.2 Å². The molecule has 184 valence electrons. The first-order valence-electron chi connectivity index (χ1n) is 10.3. The van der Waals surface area contributed by atoms with Gasteiger partial charge < -0.3 is 14.2 Å². The van der Waals surface area contributed by atoms with Crippen LogP contribution in [0.4, 0.5) is 14.5 Å². The second-order valence-electron chi connectivity index (χ2n) is 7.45. The maximum Gasteiger partial charge on any atom is 0.387 e. The lowest BCUT2D eigenvalue weighted by Crippen LogP contribution is -2.06. The highest BCUT2D eigenvalue weighted by Crippen LogP contribution is 2.30. The van der Waals surface area contributed by atoms with E-state index in [0.717, 1.165) is 0 Å². The number of allylic oxidation sites excluding steroid dienone is 1. The van der Waals surface area contributed by atoms with Gasteiger partial charge in [0.15, 0.2) is 17.3 Å². The van der Waals surface area contributed by atoms with Crippen molar-refractivity contribution in [1.82, 2.24) is 9.78 Å². The van der Waals surface area contributed by atoms with E-state index in [9.17, 15) is 23.7 Å². The number of nitrogens with zero attached hydrogens (tertiary/aromatic N) is 3. The topological polar surface area (TPSA) is 106 Å². The first-order chi connectivity index (χ1) is 16.6. The molecule has 0 fully saturated rings. The minimum Gasteiger partial charge on any atom is -0.496 e. The van der Waals surface area contributed by atoms with Gasteiger partial charge in [-0.1, -0.05) is 12.1 Å². The number of ketones is 1. The second-order valence-corrected chi connectivity index (χ2v) is 7.45. The molecule has 0 unspecified atom stereocenters. The van der Waals surface area contributed by atoms with Crippen LogP contribution in [0.2, 0.25) is 0 Å². The van der Waals surface area contributed by atoms with Gasteiger partial charge in [-0.05, 0) is 55.8 Å². The number of nitro groups is 1. The third-order valence-electron chi connectivity index (χ3n) is 5.24. The Morgan fingerprint density at radius 3 is 2.40 bits per heavy atom. The van der Waals surface area contributed by atoms with Crippen LogP contribution in [0, 0.1) is 24.0 Å². The Morgan fingerprint density at radius 1 is 1.11 bits per heavy atom. The fourth-order valence-corrected chi connectivity index (χ4v) is 3.58. The van der Waals surface area contributed by atoms with Crippen molar-refractivity contribution in [2.45, 2.75) is 27.0 Å². The number of hydrogen-bond donors (Lipinski definition) is 0. The van der Waals surface area contributed by atoms with Gasteiger partial charge in [0, 0.05) is 11.1 Å². The number of alkyl halides is 2. The number of carbonyl (C=O) groups excluding carboxylic acids is 1. The highest BCUT2D eigenvalue weighted by molar-refractivity contribution is 6.07. The van der Waals surface area contributed by atoms with Gasteiger partial charge in [0.2, 0.25) is 0 Å². The fraction of sp³-hybridized carbons (Fsp3) is 0.250. The van der Waals surface area contributed by atoms with E-state index < -0.39 is 11.5 Å². The van der Waals surface area contributed by atoms with Crippen molar-refractivity contribution in [1.29, 1.82) is 0 Å². The Balaban J connectivity index is 1.85. The molecule has 0 saturated carbocycles. The number of methoxy groups -OCH3 is 2. The summed E-state index contributed by atoms with van der Waals surface area (Å²) in [4.78, 5) is 23.5. The fourth-order valence-electron chi connectivity index (χ4n) is 3.58. The summed E-state index contributed by atoms with van der Waals surface area (Å²) in [6.45, 7) is 0.404. The summed E-state index contributed by atoms with van der Waals surface area (Å²) in [5.41, 5.74) is 2.30. The molecule has 0 bridgehead atoms. The van der Waals surface area contributed by atoms with Crippen LogP contribution in [-0.2, 0) is 6.54 Å². The third-order valence-corrected chi connectivity index (χ3v) is 5.24. The van der Waals surface area contributed by atoms with Crippen LogP contribution < -0.4 is 14.2 Å². The number of aromatic nitrogens is 2. The SMILES string of the molecule is COc1ccc(/C=C/C(=O)c2ccc(OC(F)F)c(OC)c2)cc1Cn1nc(C)c([N+](=O)[O-])c1C. The summed E-state index contributed by atoms with van der Waals surface area (Å²) in [7, 11) is 2.80. The normalized spacial score (nSPS) is 11.2. The maximum atomic E-state index is 12.6. The number of halogens is 2. The highest BCUT2D eigenvalue weighted by atomic mass is 19.3. The Hall–Kier alpha value is -4.28. The van der Waals surface area contributed by atoms with Crippen LogP contribution in [0.25, 0.3) is 6.08 Å². The molecule has 0 aliphatic heterocycles. The van der Waals surface area contributed by atoms with Crippen LogP contribution in [0.5, 0.6) is 17.2 Å². The van der Waals surface area contributed by atoms with Gasteiger partial charge >= 0.3 is 12.3 Å². The van der Waals surface area contributed by atoms with Gasteiger partial charge in [-0.2, -0.15) is 13.9 Å². The molecule has 0 aliphatic rings. The van der Waals surface area contributed by atoms with Crippen LogP contribution in [-0.4, -0.2) is 41.3 Å². The third kappa shape index (κ3) is 5.81. The predicted octanol–water partition coefficient (Wildman–Crippen LogP) is 4.97. The van der Waals surface area contributed by atoms with E-state index in [1.54, 1.807) is 38.1 Å². The number of carbonyl (C=O) groups is 1. The van der Waals surface area contributed by atoms with Crippen molar-refractivity contribution in [3.05, 3.63) is 80.7 Å². The Kier molecular flexibility index (Phi) is 7.80. The Morgan fingerprint density at radius 2 is 1.80 bits per heavy atom. The van der Waals surface area contributed by atoms with Gasteiger partial charge in [-0.25, -0.2) is 0 Å². The largest absolute Gasteiger partial charge is 0.496 e. The van der Waals surface area contributed by atoms with Crippen molar-refractivity contribution in [3.8, 4) is 17.2 Å². The molecule has 9 nitrogen and oxygen atoms in total. The molecule has 35 heavy (non-hydrogen) atoms. The zero-order valence-corrected chi connectivity index (χ0v) is 19.5. The number of ether oxygens (including phenoxy) is 3. The molecular weight excluding hydrogens is 464 g/mol. The van der Waals surface area contributed by atoms with Crippen LogP contribution in [0.1, 0.15) is 32.9 Å². The van der Waals surface area contributed by atoms with Crippen molar-refractivity contribution < 1.29 is 32.7 Å². The molecular formula is C24H23F2N3O6. The Labute approximate surface area is 199 Å². The molecule has 0 spiro atoms. The molecule has 0 atom stereocenters. The number of aryl methyl sites for hydroxylation is 1. The van der Waals surface area contributed by atoms with E-state index >= 15 is 0 Å². The van der Waals surface area contributed by atoms with Gasteiger partial charge in [-0.15, -0.1) is 0 Å². The highest BCUT2D eigenvalue weighted by Gasteiger charge is 2.22. The summed E-state index contributed by atoms with van der Waals surface area (Å²) in [6, 6.07) is 9.17. The second kappa shape index (κ2) is 10.8. The molecule has 0 N–H and O–H groups in total. The maximum absolute atomic E-state index is 12.6. The monoisotopic (exact) mass is 487 g/mol. The average molecular weight is 487 g/mol. The number of hydrogen-bond acceptors (Lipinski definition) is 7. The first-order valence-corrected chi connectivity index (χ1v) is 10.3. The summed E-state index contributed by atoms with van der Waals surface area (Å²) in [6.07, 6.45) is 2.92. The van der Waals surface area contributed by atoms with Gasteiger partial charge in [0.05, 0.1) is 25.7 Å². The minimum atomic E-state index is -3.02. The van der Waals surface area contributed by atoms with Crippen LogP contribution in [0.15, 0.2) is 42.5 Å². The molecule has 0 amide bonds. The molecule has 1 heterocycles. The van der Waals surface area contributed by atoms with E-state index in [0.29, 0.717) is 28.3 Å². The van der Waals surface area contributed by atoms with E-state index in [2.05, 4.69) is 9.84 Å². The predicted molar refractivity (Wildman–Crippen MR) is 123 cm³/mol. The lowest BCUT2D eigenvalue weighted by Gasteiger charge is -2.11. The standard InChI is InChI=1S/C24H23F2N3O6/c1-14-23(29(31)32)15(2)28(27-14)13-18-11-16(6-9-20(18)33-3)5-8-19(30)17-7-10-21(35-24(25)26)22(12-17)34-4/h5-12,24H,13H2,1-4H3/b8-5+. The summed E-state index contributed by atoms with van der Waals surface area (Å²) < 4.78 is 41.4. The van der Waals surface area contributed by atoms with Gasteiger partial charge in [0.1, 0.15) is 17.1 Å². The molecule has 11 heteroatoms. The van der Waals surface area contributed by atoms with Crippen molar-refractivity contribution in [2.75, 3.05) is 14.2 Å². The average Bonchev–Trinajstić information content (AvgIpc) is 3.10. The summed E-state index contributed by atoms with van der Waals surface area (Å²) in [5.74, 6) is 0.0175. The molecule has 0 saturated heterocycles. The van der Waals surface area contributed by atoms with Gasteiger partial charge in [-0.3, -0.25) is 19.6 Å². The summed E-state index contributed by atoms with van der Waals surface area (Å²) in [5, 5.41) is 15.6. The molecule has 0 radical (unpaired) electrons. The molecule has 1 aromatic heterocycles. The zero-order chi connectivity index (χ0) is 25.7. The Bertz CT molecular complexity index is 1290. The smallest absolute Gasteiger partial charge is 0.387 e. The van der Waals surface area contributed by atoms with E-state index in [-0.39, 0.29) is 35.1 Å². The lowest BCUT2D eigenvalue weighted by atomic mass is 10.1. The van der Waals surface area contributed by atoms with Gasteiger partial charge in [0.25, 0.3) is 0 Å².